The summed E-state index contributed by atoms with van der Waals surface area (Å²) >= 11 is 5.24. The van der Waals surface area contributed by atoms with Crippen LogP contribution in [0.5, 0.6) is 0 Å². The molecular weight excluding hydrogens is 286 g/mol. The van der Waals surface area contributed by atoms with Gasteiger partial charge in [-0.05, 0) is 34.5 Å². The van der Waals surface area contributed by atoms with Gasteiger partial charge in [0.15, 0.2) is 0 Å². The molecule has 0 fully saturated rings. The van der Waals surface area contributed by atoms with Crippen molar-refractivity contribution in [3.63, 3.8) is 0 Å². The molecule has 0 bridgehead atoms. The molecule has 0 radical (unpaired) electrons. The number of rotatable bonds is 4. The van der Waals surface area contributed by atoms with Crippen molar-refractivity contribution in [1.82, 2.24) is 9.97 Å². The van der Waals surface area contributed by atoms with Gasteiger partial charge in [0, 0.05) is 16.0 Å². The van der Waals surface area contributed by atoms with Gasteiger partial charge in [-0.1, -0.05) is 6.92 Å². The molecule has 0 aliphatic rings. The monoisotopic (exact) mass is 297 g/mol. The molecule has 3 nitrogen and oxygen atoms in total. The lowest BCUT2D eigenvalue weighted by atomic mass is 10.3. The van der Waals surface area contributed by atoms with Crippen molar-refractivity contribution in [2.75, 3.05) is 5.32 Å². The minimum Gasteiger partial charge on any atom is -0.364 e. The lowest BCUT2D eigenvalue weighted by molar-refractivity contribution is 1.09. The molecule has 2 aromatic heterocycles. The fraction of sp³-hybridized carbons (Fsp3) is 0.273. The van der Waals surface area contributed by atoms with Gasteiger partial charge in [0.2, 0.25) is 0 Å². The van der Waals surface area contributed by atoms with Crippen LogP contribution in [-0.4, -0.2) is 9.97 Å². The van der Waals surface area contributed by atoms with E-state index in [-0.39, 0.29) is 0 Å². The van der Waals surface area contributed by atoms with Crippen LogP contribution in [-0.2, 0) is 13.0 Å². The van der Waals surface area contributed by atoms with Gasteiger partial charge in [-0.25, -0.2) is 9.97 Å². The van der Waals surface area contributed by atoms with Crippen LogP contribution in [0.15, 0.2) is 29.1 Å². The number of nitrogens with one attached hydrogen (secondary N) is 1. The summed E-state index contributed by atoms with van der Waals surface area (Å²) in [7, 11) is 0. The van der Waals surface area contributed by atoms with E-state index >= 15 is 0 Å². The van der Waals surface area contributed by atoms with Crippen molar-refractivity contribution < 1.29 is 0 Å². The fourth-order valence-electron chi connectivity index (χ4n) is 1.32. The molecule has 2 aromatic rings. The summed E-state index contributed by atoms with van der Waals surface area (Å²) in [5.41, 5.74) is 0. The number of hydrogen-bond donors (Lipinski definition) is 1. The van der Waals surface area contributed by atoms with E-state index in [1.807, 2.05) is 11.3 Å². The maximum Gasteiger partial charge on any atom is 0.144 e. The third kappa shape index (κ3) is 2.80. The van der Waals surface area contributed by atoms with Crippen molar-refractivity contribution in [2.24, 2.45) is 0 Å². The first kappa shape index (κ1) is 11.5. The Hall–Kier alpha value is -0.940. The molecule has 0 saturated carbocycles. The second-order valence-corrected chi connectivity index (χ2v) is 5.40. The van der Waals surface area contributed by atoms with Crippen LogP contribution in [0, 0.1) is 0 Å². The van der Waals surface area contributed by atoms with E-state index in [4.69, 9.17) is 0 Å². The van der Waals surface area contributed by atoms with Crippen LogP contribution in [0.4, 0.5) is 5.82 Å². The zero-order valence-corrected chi connectivity index (χ0v) is 11.3. The molecule has 16 heavy (non-hydrogen) atoms. The molecule has 5 heteroatoms. The molecule has 0 atom stereocenters. The first-order chi connectivity index (χ1) is 7.79. The Bertz CT molecular complexity index is 470. The largest absolute Gasteiger partial charge is 0.364 e. The van der Waals surface area contributed by atoms with Gasteiger partial charge in [0.05, 0.1) is 11.0 Å². The first-order valence-corrected chi connectivity index (χ1v) is 6.67. The highest BCUT2D eigenvalue weighted by atomic mass is 79.9. The number of aromatic nitrogens is 2. The molecule has 0 aliphatic heterocycles. The minimum absolute atomic E-state index is 0.806. The van der Waals surface area contributed by atoms with E-state index in [1.54, 1.807) is 12.5 Å². The Kier molecular flexibility index (Phi) is 3.90. The Balaban J connectivity index is 1.99. The van der Waals surface area contributed by atoms with E-state index in [0.29, 0.717) is 0 Å². The summed E-state index contributed by atoms with van der Waals surface area (Å²) in [6.45, 7) is 2.98. The van der Waals surface area contributed by atoms with Crippen molar-refractivity contribution in [2.45, 2.75) is 19.9 Å². The minimum atomic E-state index is 0.806. The van der Waals surface area contributed by atoms with Gasteiger partial charge >= 0.3 is 0 Å². The molecule has 0 spiro atoms. The van der Waals surface area contributed by atoms with E-state index in [0.717, 1.165) is 23.3 Å². The van der Waals surface area contributed by atoms with Gasteiger partial charge in [-0.3, -0.25) is 0 Å². The number of nitrogens with zero attached hydrogens (tertiary/aromatic N) is 2. The Morgan fingerprint density at radius 1 is 1.38 bits per heavy atom. The molecule has 0 saturated heterocycles. The smallest absolute Gasteiger partial charge is 0.144 e. The summed E-state index contributed by atoms with van der Waals surface area (Å²) in [5.74, 6) is 0.835. The van der Waals surface area contributed by atoms with Gasteiger partial charge < -0.3 is 5.32 Å². The maximum atomic E-state index is 4.16. The van der Waals surface area contributed by atoms with Crippen LogP contribution in [0.25, 0.3) is 0 Å². The fourth-order valence-corrected chi connectivity index (χ4v) is 2.58. The normalized spacial score (nSPS) is 10.4. The summed E-state index contributed by atoms with van der Waals surface area (Å²) in [4.78, 5) is 10.8. The van der Waals surface area contributed by atoms with Crippen molar-refractivity contribution in [3.8, 4) is 0 Å². The molecule has 2 rings (SSSR count). The predicted octanol–water partition coefficient (Wildman–Crippen LogP) is 3.48. The second kappa shape index (κ2) is 5.41. The van der Waals surface area contributed by atoms with Crippen LogP contribution < -0.4 is 5.32 Å². The van der Waals surface area contributed by atoms with E-state index < -0.39 is 0 Å². The molecule has 0 unspecified atom stereocenters. The summed E-state index contributed by atoms with van der Waals surface area (Å²) in [6, 6.07) is 4.34. The van der Waals surface area contributed by atoms with Gasteiger partial charge in [-0.15, -0.1) is 11.3 Å². The topological polar surface area (TPSA) is 37.8 Å². The Labute approximate surface area is 107 Å². The summed E-state index contributed by atoms with van der Waals surface area (Å²) in [6.07, 6.45) is 4.38. The van der Waals surface area contributed by atoms with E-state index in [2.05, 4.69) is 50.3 Å². The molecule has 0 aromatic carbocycles. The SMILES string of the molecule is CCc1ccc(CNc2ncncc2Br)s1. The third-order valence-corrected chi connectivity index (χ3v) is 3.97. The van der Waals surface area contributed by atoms with Crippen molar-refractivity contribution in [1.29, 1.82) is 0 Å². The highest BCUT2D eigenvalue weighted by Gasteiger charge is 2.02. The molecule has 0 aliphatic carbocycles. The summed E-state index contributed by atoms with van der Waals surface area (Å²) in [5, 5.41) is 3.28. The second-order valence-electron chi connectivity index (χ2n) is 3.29. The van der Waals surface area contributed by atoms with E-state index in [9.17, 15) is 0 Å². The number of aryl methyl sites for hydroxylation is 1. The van der Waals surface area contributed by atoms with E-state index in [1.165, 1.54) is 9.75 Å². The van der Waals surface area contributed by atoms with Crippen LogP contribution in [0.2, 0.25) is 0 Å². The van der Waals surface area contributed by atoms with Crippen molar-refractivity contribution in [3.05, 3.63) is 38.9 Å². The predicted molar refractivity (Wildman–Crippen MR) is 70.8 cm³/mol. The van der Waals surface area contributed by atoms with Gasteiger partial charge in [-0.2, -0.15) is 0 Å². The van der Waals surface area contributed by atoms with Crippen molar-refractivity contribution >= 4 is 33.1 Å². The van der Waals surface area contributed by atoms with Gasteiger partial charge in [0.1, 0.15) is 12.1 Å². The highest BCUT2D eigenvalue weighted by Crippen LogP contribution is 2.21. The zero-order chi connectivity index (χ0) is 11.4. The Morgan fingerprint density at radius 2 is 2.19 bits per heavy atom. The lowest BCUT2D eigenvalue weighted by Crippen LogP contribution is -2.00. The number of hydrogen-bond acceptors (Lipinski definition) is 4. The summed E-state index contributed by atoms with van der Waals surface area (Å²) < 4.78 is 0.891. The van der Waals surface area contributed by atoms with Gasteiger partial charge in [0.25, 0.3) is 0 Å². The lowest BCUT2D eigenvalue weighted by Gasteiger charge is -2.04. The van der Waals surface area contributed by atoms with Crippen LogP contribution in [0.3, 0.4) is 0 Å². The molecule has 84 valence electrons. The number of halogens is 1. The molecule has 2 heterocycles. The number of thiophene rings is 1. The Morgan fingerprint density at radius 3 is 2.88 bits per heavy atom. The quantitative estimate of drug-likeness (QED) is 0.939. The maximum absolute atomic E-state index is 4.16. The molecular formula is C11H12BrN3S. The average molecular weight is 298 g/mol. The third-order valence-electron chi connectivity index (χ3n) is 2.16. The standard InChI is InChI=1S/C11H12BrN3S/c1-2-8-3-4-9(16-8)5-14-11-10(12)6-13-7-15-11/h3-4,6-7H,2,5H2,1H3,(H,13,14,15). The average Bonchev–Trinajstić information content (AvgIpc) is 2.76. The number of anilines is 1. The van der Waals surface area contributed by atoms with Crippen LogP contribution in [0.1, 0.15) is 16.7 Å². The van der Waals surface area contributed by atoms with Crippen LogP contribution >= 0.6 is 27.3 Å². The molecule has 0 amide bonds. The highest BCUT2D eigenvalue weighted by molar-refractivity contribution is 9.10. The molecule has 1 N–H and O–H groups in total. The first-order valence-electron chi connectivity index (χ1n) is 5.06. The zero-order valence-electron chi connectivity index (χ0n) is 8.90.